The van der Waals surface area contributed by atoms with Gasteiger partial charge in [0.1, 0.15) is 6.04 Å². The third-order valence-electron chi connectivity index (χ3n) is 7.57. The summed E-state index contributed by atoms with van der Waals surface area (Å²) in [6.07, 6.45) is 0.354. The number of carbonyl (C=O) groups excluding carboxylic acids is 3. The zero-order valence-corrected chi connectivity index (χ0v) is 22.8. The predicted molar refractivity (Wildman–Crippen MR) is 152 cm³/mol. The molecule has 3 aromatic carbocycles. The van der Waals surface area contributed by atoms with E-state index >= 15 is 0 Å². The molecule has 2 heterocycles. The van der Waals surface area contributed by atoms with Crippen molar-refractivity contribution in [2.45, 2.75) is 46.2 Å². The summed E-state index contributed by atoms with van der Waals surface area (Å²) >= 11 is 0. The smallest absolute Gasteiger partial charge is 0.322 e. The number of nitrogens with zero attached hydrogens (tertiary/aromatic N) is 2. The molecule has 7 nitrogen and oxygen atoms in total. The number of likely N-dealkylation sites (N-methyl/N-ethyl adjacent to an activating group) is 1. The van der Waals surface area contributed by atoms with Crippen molar-refractivity contribution in [2.24, 2.45) is 0 Å². The fourth-order valence-corrected chi connectivity index (χ4v) is 5.53. The summed E-state index contributed by atoms with van der Waals surface area (Å²) in [6.45, 7) is 8.50. The monoisotopic (exact) mass is 522 g/mol. The van der Waals surface area contributed by atoms with E-state index in [0.717, 1.165) is 27.8 Å². The van der Waals surface area contributed by atoms with Gasteiger partial charge < -0.3 is 15.5 Å². The lowest BCUT2D eigenvalue weighted by Crippen LogP contribution is -2.47. The van der Waals surface area contributed by atoms with Crippen LogP contribution in [0.3, 0.4) is 0 Å². The second-order valence-corrected chi connectivity index (χ2v) is 10.3. The number of carbonyl (C=O) groups is 3. The number of hydrogen-bond acceptors (Lipinski definition) is 3. The average molecular weight is 523 g/mol. The molecule has 200 valence electrons. The summed E-state index contributed by atoms with van der Waals surface area (Å²) in [6, 6.07) is 21.7. The number of anilines is 1. The van der Waals surface area contributed by atoms with Gasteiger partial charge in [0.25, 0.3) is 5.91 Å². The molecule has 7 heteroatoms. The molecule has 2 N–H and O–H groups in total. The van der Waals surface area contributed by atoms with E-state index in [-0.39, 0.29) is 24.4 Å². The number of hydrogen-bond donors (Lipinski definition) is 2. The Hall–Kier alpha value is -4.39. The van der Waals surface area contributed by atoms with Crippen molar-refractivity contribution >= 4 is 23.5 Å². The van der Waals surface area contributed by atoms with E-state index in [0.29, 0.717) is 29.9 Å². The van der Waals surface area contributed by atoms with Crippen LogP contribution in [0.4, 0.5) is 10.5 Å². The maximum atomic E-state index is 14.2. The second kappa shape index (κ2) is 10.8. The van der Waals surface area contributed by atoms with Crippen LogP contribution < -0.4 is 10.6 Å². The van der Waals surface area contributed by atoms with Crippen molar-refractivity contribution in [3.8, 4) is 0 Å². The van der Waals surface area contributed by atoms with Crippen LogP contribution in [0, 0.1) is 20.8 Å². The van der Waals surface area contributed by atoms with E-state index in [1.807, 2.05) is 94.4 Å². The summed E-state index contributed by atoms with van der Waals surface area (Å²) in [4.78, 5) is 44.4. The number of nitrogens with one attached hydrogen (secondary N) is 2. The SMILES string of the molecule is CCN1C(=O)N[C@H](c2ccc(C)cc2C)C2=C1CN([C@@H](Cc1ccccc1)C(=O)Nc1ccc(C)cc1)C2=O. The van der Waals surface area contributed by atoms with Crippen molar-refractivity contribution in [2.75, 3.05) is 18.4 Å². The molecule has 2 atom stereocenters. The summed E-state index contributed by atoms with van der Waals surface area (Å²) in [5.41, 5.74) is 6.91. The van der Waals surface area contributed by atoms with Gasteiger partial charge in [-0.25, -0.2) is 4.79 Å². The van der Waals surface area contributed by atoms with Crippen molar-refractivity contribution in [3.05, 3.63) is 112 Å². The normalized spacial score (nSPS) is 17.7. The van der Waals surface area contributed by atoms with Crippen LogP contribution in [-0.2, 0) is 16.0 Å². The summed E-state index contributed by atoms with van der Waals surface area (Å²) in [5, 5.41) is 6.07. The fourth-order valence-electron chi connectivity index (χ4n) is 5.53. The zero-order valence-electron chi connectivity index (χ0n) is 22.8. The van der Waals surface area contributed by atoms with Crippen LogP contribution in [0.25, 0.3) is 0 Å². The molecule has 2 aliphatic heterocycles. The minimum Gasteiger partial charge on any atom is -0.326 e. The summed E-state index contributed by atoms with van der Waals surface area (Å²) in [5.74, 6) is -0.491. The summed E-state index contributed by atoms with van der Waals surface area (Å²) < 4.78 is 0. The summed E-state index contributed by atoms with van der Waals surface area (Å²) in [7, 11) is 0. The Kier molecular flexibility index (Phi) is 7.24. The first-order valence-electron chi connectivity index (χ1n) is 13.4. The van der Waals surface area contributed by atoms with Crippen molar-refractivity contribution in [1.82, 2.24) is 15.1 Å². The quantitative estimate of drug-likeness (QED) is 0.456. The third-order valence-corrected chi connectivity index (χ3v) is 7.57. The topological polar surface area (TPSA) is 81.8 Å². The van der Waals surface area contributed by atoms with Crippen LogP contribution in [0.2, 0.25) is 0 Å². The first-order valence-corrected chi connectivity index (χ1v) is 13.4. The van der Waals surface area contributed by atoms with E-state index in [9.17, 15) is 14.4 Å². The lowest BCUT2D eigenvalue weighted by Gasteiger charge is -2.33. The highest BCUT2D eigenvalue weighted by atomic mass is 16.2. The molecule has 0 saturated heterocycles. The molecule has 4 amide bonds. The van der Waals surface area contributed by atoms with Crippen LogP contribution in [-0.4, -0.2) is 46.8 Å². The third kappa shape index (κ3) is 5.17. The Bertz CT molecular complexity index is 1450. The largest absolute Gasteiger partial charge is 0.326 e. The molecule has 0 unspecified atom stereocenters. The number of aryl methyl sites for hydroxylation is 3. The first-order chi connectivity index (χ1) is 18.8. The molecule has 3 aromatic rings. The van der Waals surface area contributed by atoms with Crippen molar-refractivity contribution in [1.29, 1.82) is 0 Å². The molecule has 0 bridgehead atoms. The molecule has 0 aliphatic carbocycles. The molecule has 0 fully saturated rings. The van der Waals surface area contributed by atoms with Gasteiger partial charge in [0.15, 0.2) is 0 Å². The van der Waals surface area contributed by atoms with Gasteiger partial charge in [-0.2, -0.15) is 0 Å². The fraction of sp³-hybridized carbons (Fsp3) is 0.281. The van der Waals surface area contributed by atoms with Crippen LogP contribution in [0.1, 0.15) is 40.8 Å². The van der Waals surface area contributed by atoms with Gasteiger partial charge in [0.05, 0.1) is 23.9 Å². The Labute approximate surface area is 229 Å². The molecular formula is C32H34N4O3. The Morgan fingerprint density at radius 3 is 2.33 bits per heavy atom. The molecule has 5 rings (SSSR count). The zero-order chi connectivity index (χ0) is 27.7. The van der Waals surface area contributed by atoms with Crippen molar-refractivity contribution < 1.29 is 14.4 Å². The highest BCUT2D eigenvalue weighted by Crippen LogP contribution is 2.38. The van der Waals surface area contributed by atoms with E-state index in [2.05, 4.69) is 16.7 Å². The Morgan fingerprint density at radius 2 is 1.67 bits per heavy atom. The number of amides is 4. The Morgan fingerprint density at radius 1 is 0.974 bits per heavy atom. The maximum absolute atomic E-state index is 14.2. The molecule has 0 spiro atoms. The standard InChI is InChI=1S/C32H34N4O3/c1-5-35-27-19-36(31(38)28(27)29(34-32(35)39)25-16-13-21(3)17-22(25)4)26(18-23-9-7-6-8-10-23)30(37)33-24-14-11-20(2)12-15-24/h6-17,26,29H,5,18-19H2,1-4H3,(H,33,37)(H,34,39)/t26-,29+/m0/s1. The van der Waals surface area contributed by atoms with Gasteiger partial charge in [-0.1, -0.05) is 71.8 Å². The predicted octanol–water partition coefficient (Wildman–Crippen LogP) is 5.04. The molecule has 0 aromatic heterocycles. The van der Waals surface area contributed by atoms with Gasteiger partial charge in [0, 0.05) is 18.7 Å². The van der Waals surface area contributed by atoms with Gasteiger partial charge in [-0.05, 0) is 56.5 Å². The number of benzene rings is 3. The van der Waals surface area contributed by atoms with E-state index in [4.69, 9.17) is 0 Å². The molecule has 0 radical (unpaired) electrons. The van der Waals surface area contributed by atoms with Gasteiger partial charge in [-0.3, -0.25) is 14.5 Å². The van der Waals surface area contributed by atoms with Crippen LogP contribution >= 0.6 is 0 Å². The van der Waals surface area contributed by atoms with E-state index in [1.54, 1.807) is 9.80 Å². The molecule has 0 saturated carbocycles. The number of urea groups is 1. The minimum absolute atomic E-state index is 0.190. The molecular weight excluding hydrogens is 488 g/mol. The highest BCUT2D eigenvalue weighted by Gasteiger charge is 2.47. The van der Waals surface area contributed by atoms with Gasteiger partial charge in [-0.15, -0.1) is 0 Å². The Balaban J connectivity index is 1.52. The maximum Gasteiger partial charge on any atom is 0.322 e. The first kappa shape index (κ1) is 26.2. The lowest BCUT2D eigenvalue weighted by molar-refractivity contribution is -0.134. The van der Waals surface area contributed by atoms with Gasteiger partial charge in [0.2, 0.25) is 5.91 Å². The van der Waals surface area contributed by atoms with Crippen LogP contribution in [0.5, 0.6) is 0 Å². The second-order valence-electron chi connectivity index (χ2n) is 10.3. The van der Waals surface area contributed by atoms with E-state index in [1.165, 1.54) is 0 Å². The average Bonchev–Trinajstić information content (AvgIpc) is 3.25. The van der Waals surface area contributed by atoms with E-state index < -0.39 is 12.1 Å². The molecule has 2 aliphatic rings. The number of rotatable bonds is 7. The van der Waals surface area contributed by atoms with Crippen molar-refractivity contribution in [3.63, 3.8) is 0 Å². The molecule has 39 heavy (non-hydrogen) atoms. The lowest BCUT2D eigenvalue weighted by atomic mass is 9.91. The van der Waals surface area contributed by atoms with Crippen LogP contribution in [0.15, 0.2) is 84.1 Å². The minimum atomic E-state index is -0.764. The highest BCUT2D eigenvalue weighted by molar-refractivity contribution is 6.05. The van der Waals surface area contributed by atoms with Gasteiger partial charge >= 0.3 is 6.03 Å².